The fraction of sp³-hybridized carbons (Fsp3) is 1.00. The molecule has 0 atom stereocenters. The van der Waals surface area contributed by atoms with Gasteiger partial charge < -0.3 is 17.7 Å². The van der Waals surface area contributed by atoms with Crippen molar-refractivity contribution >= 4 is 19.3 Å². The molecule has 0 unspecified atom stereocenters. The van der Waals surface area contributed by atoms with Crippen LogP contribution in [0.25, 0.3) is 0 Å². The van der Waals surface area contributed by atoms with Gasteiger partial charge in [-0.05, 0) is 34.1 Å². The summed E-state index contributed by atoms with van der Waals surface area (Å²) in [7, 11) is -1.43. The van der Waals surface area contributed by atoms with Crippen LogP contribution in [0.1, 0.15) is 47.5 Å². The van der Waals surface area contributed by atoms with E-state index in [2.05, 4.69) is 11.3 Å². The Hall–Kier alpha value is 0.274. The predicted octanol–water partition coefficient (Wildman–Crippen LogP) is 2.14. The molecular formula is C12H32O4Si2. The van der Waals surface area contributed by atoms with Gasteiger partial charge >= 0.3 is 8.80 Å². The van der Waals surface area contributed by atoms with Crippen LogP contribution in [0, 0.1) is 0 Å². The fourth-order valence-corrected chi connectivity index (χ4v) is 4.18. The summed E-state index contributed by atoms with van der Waals surface area (Å²) in [5.41, 5.74) is 0. The quantitative estimate of drug-likeness (QED) is 0.579. The second-order valence-electron chi connectivity index (χ2n) is 3.66. The molecule has 0 aliphatic carbocycles. The van der Waals surface area contributed by atoms with E-state index >= 15 is 0 Å². The lowest BCUT2D eigenvalue weighted by molar-refractivity contribution is 0.0708. The highest BCUT2D eigenvalue weighted by Gasteiger charge is 2.39. The van der Waals surface area contributed by atoms with Gasteiger partial charge in [-0.15, -0.1) is 0 Å². The van der Waals surface area contributed by atoms with Crippen LogP contribution in [-0.2, 0) is 17.7 Å². The Morgan fingerprint density at radius 1 is 0.778 bits per heavy atom. The molecule has 0 rings (SSSR count). The molecule has 0 spiro atoms. The first-order chi connectivity index (χ1) is 8.66. The molecule has 0 saturated heterocycles. The minimum absolute atomic E-state index is 0.677. The van der Waals surface area contributed by atoms with E-state index < -0.39 is 8.80 Å². The molecule has 0 aliphatic heterocycles. The Labute approximate surface area is 117 Å². The normalized spacial score (nSPS) is 11.2. The smallest absolute Gasteiger partial charge is 0.428 e. The van der Waals surface area contributed by atoms with Crippen molar-refractivity contribution < 1.29 is 17.7 Å². The monoisotopic (exact) mass is 296 g/mol. The highest BCUT2D eigenvalue weighted by Crippen LogP contribution is 2.18. The van der Waals surface area contributed by atoms with Gasteiger partial charge in [0.25, 0.3) is 0 Å². The molecule has 0 bridgehead atoms. The summed E-state index contributed by atoms with van der Waals surface area (Å²) in [6.45, 7) is 13.0. The lowest BCUT2D eigenvalue weighted by Gasteiger charge is -2.28. The van der Waals surface area contributed by atoms with Crippen molar-refractivity contribution in [2.45, 2.75) is 53.5 Å². The molecule has 0 aromatic carbocycles. The summed E-state index contributed by atoms with van der Waals surface area (Å²) in [6, 6.07) is 0.943. The van der Waals surface area contributed by atoms with Gasteiger partial charge in [0.1, 0.15) is 10.5 Å². The van der Waals surface area contributed by atoms with Crippen LogP contribution in [0.15, 0.2) is 0 Å². The maximum atomic E-state index is 5.71. The average molecular weight is 297 g/mol. The second kappa shape index (κ2) is 15.3. The minimum atomic E-state index is -2.32. The van der Waals surface area contributed by atoms with Crippen LogP contribution in [0.5, 0.6) is 0 Å². The number of unbranched alkanes of at least 4 members (excludes halogenated alkanes) is 1. The van der Waals surface area contributed by atoms with Crippen molar-refractivity contribution in [3.63, 3.8) is 0 Å². The summed E-state index contributed by atoms with van der Waals surface area (Å²) in [5.74, 6) is 0. The fourth-order valence-electron chi connectivity index (χ4n) is 1.39. The van der Waals surface area contributed by atoms with Crippen LogP contribution in [0.3, 0.4) is 0 Å². The first-order valence-electron chi connectivity index (χ1n) is 7.06. The molecule has 0 heterocycles. The molecule has 0 aromatic rings. The van der Waals surface area contributed by atoms with Crippen LogP contribution in [0.2, 0.25) is 6.04 Å². The summed E-state index contributed by atoms with van der Waals surface area (Å²) < 4.78 is 21.8. The Balaban J connectivity index is 0. The summed E-state index contributed by atoms with van der Waals surface area (Å²) in [5, 5.41) is 0. The van der Waals surface area contributed by atoms with Gasteiger partial charge in [0.05, 0.1) is 0 Å². The first kappa shape index (κ1) is 20.6. The Morgan fingerprint density at radius 2 is 1.17 bits per heavy atom. The molecule has 6 heteroatoms. The van der Waals surface area contributed by atoms with Crippen LogP contribution in [0.4, 0.5) is 0 Å². The molecule has 0 fully saturated rings. The molecule has 4 nitrogen and oxygen atoms in total. The Kier molecular flexibility index (Phi) is 17.5. The lowest BCUT2D eigenvalue weighted by Crippen LogP contribution is -2.45. The zero-order chi connectivity index (χ0) is 14.3. The summed E-state index contributed by atoms with van der Waals surface area (Å²) >= 11 is 0. The summed E-state index contributed by atoms with van der Waals surface area (Å²) in [6.07, 6.45) is 2.27. The second-order valence-corrected chi connectivity index (χ2v) is 6.97. The van der Waals surface area contributed by atoms with E-state index in [-0.39, 0.29) is 0 Å². The molecule has 0 aliphatic rings. The molecule has 18 heavy (non-hydrogen) atoms. The van der Waals surface area contributed by atoms with Crippen molar-refractivity contribution in [1.29, 1.82) is 0 Å². The van der Waals surface area contributed by atoms with Crippen molar-refractivity contribution in [2.24, 2.45) is 0 Å². The van der Waals surface area contributed by atoms with Gasteiger partial charge in [0, 0.05) is 32.5 Å². The van der Waals surface area contributed by atoms with E-state index in [0.717, 1.165) is 36.0 Å². The third kappa shape index (κ3) is 11.4. The van der Waals surface area contributed by atoms with Gasteiger partial charge in [-0.25, -0.2) is 0 Å². The Morgan fingerprint density at radius 3 is 1.39 bits per heavy atom. The zero-order valence-corrected chi connectivity index (χ0v) is 16.1. The van der Waals surface area contributed by atoms with E-state index in [9.17, 15) is 0 Å². The minimum Gasteiger partial charge on any atom is -0.428 e. The molecule has 0 saturated carbocycles. The maximum Gasteiger partial charge on any atom is 0.500 e. The van der Waals surface area contributed by atoms with E-state index in [1.165, 1.54) is 0 Å². The first-order valence-corrected chi connectivity index (χ1v) is 9.81. The van der Waals surface area contributed by atoms with E-state index in [1.807, 2.05) is 27.7 Å². The Bertz CT molecular complexity index is 140. The molecule has 0 radical (unpaired) electrons. The third-order valence-electron chi connectivity index (χ3n) is 2.22. The molecule has 0 aromatic heterocycles. The highest BCUT2D eigenvalue weighted by molar-refractivity contribution is 6.60. The van der Waals surface area contributed by atoms with Gasteiger partial charge in [-0.3, -0.25) is 0 Å². The maximum absolute atomic E-state index is 5.71. The van der Waals surface area contributed by atoms with Crippen molar-refractivity contribution in [1.82, 2.24) is 0 Å². The third-order valence-corrected chi connectivity index (χ3v) is 5.95. The zero-order valence-electron chi connectivity index (χ0n) is 13.1. The van der Waals surface area contributed by atoms with Crippen molar-refractivity contribution in [2.75, 3.05) is 26.4 Å². The van der Waals surface area contributed by atoms with E-state index in [1.54, 1.807) is 0 Å². The number of rotatable bonds is 10. The van der Waals surface area contributed by atoms with Crippen LogP contribution < -0.4 is 0 Å². The van der Waals surface area contributed by atoms with Crippen molar-refractivity contribution in [3.05, 3.63) is 0 Å². The number of hydrogen-bond donors (Lipinski definition) is 0. The topological polar surface area (TPSA) is 36.9 Å². The molecule has 0 amide bonds. The lowest BCUT2D eigenvalue weighted by atomic mass is 10.4. The van der Waals surface area contributed by atoms with Gasteiger partial charge in [-0.2, -0.15) is 0 Å². The molecular weight excluding hydrogens is 264 g/mol. The molecule has 0 N–H and O–H groups in total. The van der Waals surface area contributed by atoms with E-state index in [4.69, 9.17) is 13.3 Å². The molecule has 112 valence electrons. The number of hydrogen-bond acceptors (Lipinski definition) is 4. The standard InChI is InChI=1S/C10H24O3Si.C2H8OSi/c1-5-9-10-14(11-6-2,12-7-3)13-8-4;1-2-3-4/h5-10H2,1-4H3;2H2,1,4H3. The SMILES string of the molecule is CCCC[Si](OCC)(OCC)OCC.CCO[SiH3]. The van der Waals surface area contributed by atoms with Crippen LogP contribution in [-0.4, -0.2) is 45.7 Å². The largest absolute Gasteiger partial charge is 0.500 e. The van der Waals surface area contributed by atoms with Gasteiger partial charge in [0.2, 0.25) is 0 Å². The highest BCUT2D eigenvalue weighted by atomic mass is 28.4. The van der Waals surface area contributed by atoms with E-state index in [0.29, 0.717) is 19.8 Å². The summed E-state index contributed by atoms with van der Waals surface area (Å²) in [4.78, 5) is 0. The average Bonchev–Trinajstić information content (AvgIpc) is 2.38. The predicted molar refractivity (Wildman–Crippen MR) is 81.9 cm³/mol. The van der Waals surface area contributed by atoms with Crippen LogP contribution >= 0.6 is 0 Å². The van der Waals surface area contributed by atoms with Gasteiger partial charge in [0.15, 0.2) is 0 Å². The van der Waals surface area contributed by atoms with Gasteiger partial charge in [-0.1, -0.05) is 13.3 Å². The van der Waals surface area contributed by atoms with Crippen molar-refractivity contribution in [3.8, 4) is 0 Å².